The number of likely N-dealkylation sites (tertiary alicyclic amines) is 1. The van der Waals surface area contributed by atoms with Crippen molar-refractivity contribution in [1.82, 2.24) is 20.1 Å². The Balaban J connectivity index is 1.55. The van der Waals surface area contributed by atoms with Crippen LogP contribution < -0.4 is 0 Å². The van der Waals surface area contributed by atoms with Crippen LogP contribution in [-0.2, 0) is 0 Å². The van der Waals surface area contributed by atoms with Crippen LogP contribution in [0.4, 0.5) is 0 Å². The number of hydrogen-bond acceptors (Lipinski definition) is 5. The van der Waals surface area contributed by atoms with E-state index >= 15 is 0 Å². The number of benzene rings is 2. The zero-order chi connectivity index (χ0) is 17.7. The number of fused-ring (bicyclic) bond motifs is 2. The molecule has 128 valence electrons. The summed E-state index contributed by atoms with van der Waals surface area (Å²) in [4.78, 5) is 6.42. The van der Waals surface area contributed by atoms with E-state index in [2.05, 4.69) is 39.6 Å². The number of nitriles is 1. The van der Waals surface area contributed by atoms with Crippen molar-refractivity contribution >= 4 is 22.0 Å². The van der Waals surface area contributed by atoms with E-state index in [4.69, 9.17) is 4.42 Å². The standard InChI is InChI=1S/C20H17N5O/c1-12-15-6-4-13(9-16(15)24-23-12)14-5-7-19-17(10-14)22-20(26-19)18-3-2-8-25(18)11-21/h4-7,9-10,18H,2-3,8H2,1H3,(H,23,24). The summed E-state index contributed by atoms with van der Waals surface area (Å²) in [6, 6.07) is 12.3. The first-order chi connectivity index (χ1) is 12.7. The number of H-pyrrole nitrogens is 1. The third kappa shape index (κ3) is 2.25. The molecule has 1 unspecified atom stereocenters. The molecule has 0 bridgehead atoms. The zero-order valence-corrected chi connectivity index (χ0v) is 14.4. The van der Waals surface area contributed by atoms with E-state index in [1.54, 1.807) is 4.90 Å². The minimum absolute atomic E-state index is 0.0415. The molecule has 0 saturated carbocycles. The molecule has 5 rings (SSSR count). The normalized spacial score (nSPS) is 17.2. The lowest BCUT2D eigenvalue weighted by Gasteiger charge is -2.13. The maximum Gasteiger partial charge on any atom is 0.218 e. The molecule has 1 aliphatic heterocycles. The number of nitrogens with zero attached hydrogens (tertiary/aromatic N) is 4. The van der Waals surface area contributed by atoms with Crippen molar-refractivity contribution in [2.24, 2.45) is 0 Å². The van der Waals surface area contributed by atoms with Gasteiger partial charge in [0.2, 0.25) is 5.89 Å². The molecule has 26 heavy (non-hydrogen) atoms. The Morgan fingerprint density at radius 3 is 2.96 bits per heavy atom. The van der Waals surface area contributed by atoms with Gasteiger partial charge in [-0.1, -0.05) is 18.2 Å². The first kappa shape index (κ1) is 15.0. The largest absolute Gasteiger partial charge is 0.438 e. The van der Waals surface area contributed by atoms with E-state index in [-0.39, 0.29) is 6.04 Å². The predicted octanol–water partition coefficient (Wildman–Crippen LogP) is 4.30. The topological polar surface area (TPSA) is 81.7 Å². The fraction of sp³-hybridized carbons (Fsp3) is 0.250. The van der Waals surface area contributed by atoms with Crippen molar-refractivity contribution in [2.75, 3.05) is 6.54 Å². The molecule has 1 aliphatic rings. The molecular weight excluding hydrogens is 326 g/mol. The van der Waals surface area contributed by atoms with Crippen molar-refractivity contribution in [3.8, 4) is 17.3 Å². The minimum atomic E-state index is -0.0415. The van der Waals surface area contributed by atoms with E-state index in [0.29, 0.717) is 5.89 Å². The fourth-order valence-corrected chi connectivity index (χ4v) is 3.75. The molecule has 1 fully saturated rings. The summed E-state index contributed by atoms with van der Waals surface area (Å²) in [6.07, 6.45) is 4.13. The number of hydrogen-bond donors (Lipinski definition) is 1. The highest BCUT2D eigenvalue weighted by molar-refractivity contribution is 5.88. The van der Waals surface area contributed by atoms with Gasteiger partial charge < -0.3 is 4.42 Å². The summed E-state index contributed by atoms with van der Waals surface area (Å²) in [5.41, 5.74) is 5.79. The molecule has 2 aromatic carbocycles. The molecule has 4 aromatic rings. The van der Waals surface area contributed by atoms with Gasteiger partial charge >= 0.3 is 0 Å². The van der Waals surface area contributed by atoms with Gasteiger partial charge in [0.25, 0.3) is 0 Å². The van der Waals surface area contributed by atoms with Crippen molar-refractivity contribution in [3.63, 3.8) is 0 Å². The van der Waals surface area contributed by atoms with Crippen LogP contribution in [0.2, 0.25) is 0 Å². The fourth-order valence-electron chi connectivity index (χ4n) is 3.75. The highest BCUT2D eigenvalue weighted by atomic mass is 16.3. The van der Waals surface area contributed by atoms with Gasteiger partial charge in [-0.05, 0) is 49.1 Å². The first-order valence-corrected chi connectivity index (χ1v) is 8.75. The average molecular weight is 343 g/mol. The summed E-state index contributed by atoms with van der Waals surface area (Å²) in [7, 11) is 0. The van der Waals surface area contributed by atoms with Gasteiger partial charge in [-0.3, -0.25) is 10.00 Å². The Morgan fingerprint density at radius 1 is 1.23 bits per heavy atom. The van der Waals surface area contributed by atoms with Gasteiger partial charge in [0.1, 0.15) is 11.6 Å². The van der Waals surface area contributed by atoms with Gasteiger partial charge in [0.15, 0.2) is 11.8 Å². The van der Waals surface area contributed by atoms with Crippen molar-refractivity contribution in [2.45, 2.75) is 25.8 Å². The molecule has 1 N–H and O–H groups in total. The number of aromatic amines is 1. The molecule has 2 aromatic heterocycles. The van der Waals surface area contributed by atoms with Crippen LogP contribution in [0.15, 0.2) is 40.8 Å². The van der Waals surface area contributed by atoms with Gasteiger partial charge in [0.05, 0.1) is 11.2 Å². The third-order valence-corrected chi connectivity index (χ3v) is 5.16. The summed E-state index contributed by atoms with van der Waals surface area (Å²) >= 11 is 0. The molecule has 0 aliphatic carbocycles. The van der Waals surface area contributed by atoms with Gasteiger partial charge in [-0.25, -0.2) is 4.98 Å². The Labute approximate surface area is 150 Å². The van der Waals surface area contributed by atoms with Gasteiger partial charge in [-0.15, -0.1) is 0 Å². The molecule has 1 atom stereocenters. The lowest BCUT2D eigenvalue weighted by molar-refractivity contribution is 0.314. The number of oxazole rings is 1. The summed E-state index contributed by atoms with van der Waals surface area (Å²) in [5.74, 6) is 0.635. The van der Waals surface area contributed by atoms with Gasteiger partial charge in [-0.2, -0.15) is 10.4 Å². The number of aryl methyl sites for hydroxylation is 1. The highest BCUT2D eigenvalue weighted by Gasteiger charge is 2.29. The molecule has 0 radical (unpaired) electrons. The van der Waals surface area contributed by atoms with Crippen LogP contribution in [0.3, 0.4) is 0 Å². The number of aromatic nitrogens is 3. The van der Waals surface area contributed by atoms with Crippen LogP contribution >= 0.6 is 0 Å². The van der Waals surface area contributed by atoms with Crippen molar-refractivity contribution < 1.29 is 4.42 Å². The van der Waals surface area contributed by atoms with E-state index in [0.717, 1.165) is 58.2 Å². The van der Waals surface area contributed by atoms with Crippen LogP contribution in [-0.4, -0.2) is 26.6 Å². The SMILES string of the molecule is Cc1n[nH]c2cc(-c3ccc4oc(C5CCCN5C#N)nc4c3)ccc12. The zero-order valence-electron chi connectivity index (χ0n) is 14.4. The minimum Gasteiger partial charge on any atom is -0.438 e. The lowest BCUT2D eigenvalue weighted by Crippen LogP contribution is -2.17. The van der Waals surface area contributed by atoms with Crippen LogP contribution in [0.1, 0.15) is 30.5 Å². The summed E-state index contributed by atoms with van der Waals surface area (Å²) < 4.78 is 5.93. The number of nitrogens with one attached hydrogen (secondary N) is 1. The van der Waals surface area contributed by atoms with Gasteiger partial charge in [0, 0.05) is 11.9 Å². The van der Waals surface area contributed by atoms with E-state index in [1.807, 2.05) is 25.1 Å². The average Bonchev–Trinajstić information content (AvgIpc) is 3.38. The number of rotatable bonds is 2. The maximum absolute atomic E-state index is 9.25. The molecule has 0 amide bonds. The predicted molar refractivity (Wildman–Crippen MR) is 98.1 cm³/mol. The van der Waals surface area contributed by atoms with Crippen LogP contribution in [0.5, 0.6) is 0 Å². The molecule has 1 saturated heterocycles. The lowest BCUT2D eigenvalue weighted by atomic mass is 10.0. The van der Waals surface area contributed by atoms with Crippen LogP contribution in [0, 0.1) is 18.4 Å². The summed E-state index contributed by atoms with van der Waals surface area (Å²) in [5, 5.41) is 17.7. The maximum atomic E-state index is 9.25. The quantitative estimate of drug-likeness (QED) is 0.549. The van der Waals surface area contributed by atoms with E-state index in [1.165, 1.54) is 0 Å². The van der Waals surface area contributed by atoms with Crippen LogP contribution in [0.25, 0.3) is 33.1 Å². The second-order valence-corrected chi connectivity index (χ2v) is 6.76. The molecular formula is C20H17N5O. The highest BCUT2D eigenvalue weighted by Crippen LogP contribution is 2.34. The second kappa shape index (κ2) is 5.60. The van der Waals surface area contributed by atoms with Crippen molar-refractivity contribution in [3.05, 3.63) is 48.0 Å². The monoisotopic (exact) mass is 343 g/mol. The Morgan fingerprint density at radius 2 is 2.08 bits per heavy atom. The van der Waals surface area contributed by atoms with E-state index < -0.39 is 0 Å². The smallest absolute Gasteiger partial charge is 0.218 e. The molecule has 6 nitrogen and oxygen atoms in total. The first-order valence-electron chi connectivity index (χ1n) is 8.75. The summed E-state index contributed by atoms with van der Waals surface area (Å²) in [6.45, 7) is 2.77. The van der Waals surface area contributed by atoms with Crippen molar-refractivity contribution in [1.29, 1.82) is 5.26 Å². The molecule has 0 spiro atoms. The Bertz CT molecular complexity index is 1170. The molecule has 3 heterocycles. The third-order valence-electron chi connectivity index (χ3n) is 5.16. The Kier molecular flexibility index (Phi) is 3.22. The Hall–Kier alpha value is -3.33. The molecule has 6 heteroatoms. The second-order valence-electron chi connectivity index (χ2n) is 6.76. The van der Waals surface area contributed by atoms with E-state index in [9.17, 15) is 5.26 Å².